The molecule has 7 heteroatoms. The first-order chi connectivity index (χ1) is 12.2. The van der Waals surface area contributed by atoms with Gasteiger partial charge in [0.2, 0.25) is 5.78 Å². The lowest BCUT2D eigenvalue weighted by Gasteiger charge is -2.48. The van der Waals surface area contributed by atoms with Crippen LogP contribution in [0.3, 0.4) is 0 Å². The quantitative estimate of drug-likeness (QED) is 0.491. The Morgan fingerprint density at radius 1 is 1.23 bits per heavy atom. The molecule has 1 aromatic rings. The number of Topliss-reactive ketones (excluding diaryl/α,β-unsaturated/α-hetero) is 3. The molecule has 136 valence electrons. The number of benzene rings is 1. The highest BCUT2D eigenvalue weighted by atomic mass is 16.5. The third-order valence-corrected chi connectivity index (χ3v) is 6.26. The normalized spacial score (nSPS) is 37.1. The van der Waals surface area contributed by atoms with Gasteiger partial charge in [0.05, 0.1) is 17.3 Å². The molecule has 1 aromatic carbocycles. The number of rotatable bonds is 1. The minimum atomic E-state index is -2.43. The lowest BCUT2D eigenvalue weighted by Crippen LogP contribution is -2.68. The van der Waals surface area contributed by atoms with Gasteiger partial charge in [0.15, 0.2) is 17.2 Å². The van der Waals surface area contributed by atoms with E-state index in [2.05, 4.69) is 0 Å². The van der Waals surface area contributed by atoms with E-state index in [9.17, 15) is 29.7 Å². The maximum atomic E-state index is 13.3. The number of ketones is 3. The maximum absolute atomic E-state index is 13.3. The first kappa shape index (κ1) is 17.1. The molecule has 3 aliphatic rings. The molecule has 0 radical (unpaired) electrons. The predicted molar refractivity (Wildman–Crippen MR) is 88.2 cm³/mol. The van der Waals surface area contributed by atoms with Crippen LogP contribution in [0.4, 0.5) is 0 Å². The molecule has 26 heavy (non-hydrogen) atoms. The zero-order chi connectivity index (χ0) is 19.0. The monoisotopic (exact) mass is 358 g/mol. The lowest BCUT2D eigenvalue weighted by atomic mass is 9.59. The highest BCUT2D eigenvalue weighted by molar-refractivity contribution is 6.21. The van der Waals surface area contributed by atoms with Crippen molar-refractivity contribution in [3.05, 3.63) is 46.2 Å². The molecule has 3 N–H and O–H groups in total. The summed E-state index contributed by atoms with van der Waals surface area (Å²) in [6.07, 6.45) is -1.83. The van der Waals surface area contributed by atoms with Crippen molar-refractivity contribution < 1.29 is 34.4 Å². The number of aliphatic hydroxyl groups is 3. The van der Waals surface area contributed by atoms with Crippen LogP contribution < -0.4 is 0 Å². The van der Waals surface area contributed by atoms with E-state index in [0.29, 0.717) is 29.4 Å². The first-order valence-electron chi connectivity index (χ1n) is 8.31. The van der Waals surface area contributed by atoms with Crippen LogP contribution in [-0.2, 0) is 21.4 Å². The van der Waals surface area contributed by atoms with Crippen molar-refractivity contribution >= 4 is 17.3 Å². The van der Waals surface area contributed by atoms with E-state index >= 15 is 0 Å². The molecule has 1 fully saturated rings. The van der Waals surface area contributed by atoms with Crippen molar-refractivity contribution in [2.45, 2.75) is 43.0 Å². The largest absolute Gasteiger partial charge is 0.515 e. The van der Waals surface area contributed by atoms with Crippen LogP contribution in [-0.4, -0.2) is 57.6 Å². The zero-order valence-electron chi connectivity index (χ0n) is 14.3. The summed E-state index contributed by atoms with van der Waals surface area (Å²) < 4.78 is 5.10. The van der Waals surface area contributed by atoms with Gasteiger partial charge in [-0.15, -0.1) is 0 Å². The van der Waals surface area contributed by atoms with Crippen LogP contribution in [0.5, 0.6) is 0 Å². The molecule has 0 saturated heterocycles. The Bertz CT molecular complexity index is 915. The fraction of sp³-hybridized carbons (Fsp3) is 0.421. The Kier molecular flexibility index (Phi) is 3.35. The topological polar surface area (TPSA) is 121 Å². The smallest absolute Gasteiger partial charge is 0.200 e. The van der Waals surface area contributed by atoms with Gasteiger partial charge in [-0.25, -0.2) is 0 Å². The van der Waals surface area contributed by atoms with Crippen LogP contribution in [0.1, 0.15) is 45.2 Å². The molecule has 0 bridgehead atoms. The summed E-state index contributed by atoms with van der Waals surface area (Å²) in [5, 5.41) is 31.9. The summed E-state index contributed by atoms with van der Waals surface area (Å²) in [6, 6.07) is 3.12. The van der Waals surface area contributed by atoms with Crippen LogP contribution in [0, 0.1) is 0 Å². The number of hydrogen-bond acceptors (Lipinski definition) is 7. The molecule has 0 spiro atoms. The van der Waals surface area contributed by atoms with Crippen LogP contribution >= 0.6 is 0 Å². The van der Waals surface area contributed by atoms with Gasteiger partial charge in [0.25, 0.3) is 0 Å². The number of methoxy groups -OCH3 is 1. The summed E-state index contributed by atoms with van der Waals surface area (Å²) >= 11 is 0. The third kappa shape index (κ3) is 1.57. The number of carbonyl (C=O) groups is 3. The second kappa shape index (κ2) is 5.09. The summed E-state index contributed by atoms with van der Waals surface area (Å²) in [5.41, 5.74) is -3.12. The van der Waals surface area contributed by atoms with Gasteiger partial charge in [0.1, 0.15) is 12.2 Å². The van der Waals surface area contributed by atoms with Crippen LogP contribution in [0.15, 0.2) is 24.0 Å². The molecular formula is C19H18O7. The summed E-state index contributed by atoms with van der Waals surface area (Å²) in [4.78, 5) is 37.9. The lowest BCUT2D eigenvalue weighted by molar-refractivity contribution is -0.155. The number of fused-ring (bicyclic) bond motifs is 5. The number of carbonyl (C=O) groups excluding carboxylic acids is 3. The highest BCUT2D eigenvalue weighted by Crippen LogP contribution is 2.56. The Labute approximate surface area is 148 Å². The SMILES string of the molecule is CO[C@@H]1C(=O)C(=CO)[C@@]2(O)C(=O)c3c(ccc4c3CCC4=O)[C@@]2(C)[C@@H]1O. The number of hydrogen-bond donors (Lipinski definition) is 3. The second-order valence-electron chi connectivity index (χ2n) is 7.19. The first-order valence-corrected chi connectivity index (χ1v) is 8.31. The van der Waals surface area contributed by atoms with Gasteiger partial charge in [-0.05, 0) is 24.5 Å². The van der Waals surface area contributed by atoms with E-state index < -0.39 is 40.4 Å². The fourth-order valence-corrected chi connectivity index (χ4v) is 4.79. The Morgan fingerprint density at radius 2 is 1.92 bits per heavy atom. The molecule has 0 heterocycles. The van der Waals surface area contributed by atoms with Crippen molar-refractivity contribution in [1.29, 1.82) is 0 Å². The highest BCUT2D eigenvalue weighted by Gasteiger charge is 2.72. The molecule has 3 aliphatic carbocycles. The van der Waals surface area contributed by atoms with E-state index in [0.717, 1.165) is 0 Å². The van der Waals surface area contributed by atoms with Crippen molar-refractivity contribution in [3.8, 4) is 0 Å². The van der Waals surface area contributed by atoms with Crippen LogP contribution in [0.2, 0.25) is 0 Å². The van der Waals surface area contributed by atoms with E-state index in [4.69, 9.17) is 4.74 Å². The summed E-state index contributed by atoms with van der Waals surface area (Å²) in [7, 11) is 1.23. The van der Waals surface area contributed by atoms with Gasteiger partial charge >= 0.3 is 0 Å². The average molecular weight is 358 g/mol. The van der Waals surface area contributed by atoms with Crippen molar-refractivity contribution in [2.24, 2.45) is 0 Å². The van der Waals surface area contributed by atoms with Gasteiger partial charge in [-0.2, -0.15) is 0 Å². The molecule has 7 nitrogen and oxygen atoms in total. The van der Waals surface area contributed by atoms with E-state index in [1.165, 1.54) is 20.1 Å². The van der Waals surface area contributed by atoms with Crippen molar-refractivity contribution in [1.82, 2.24) is 0 Å². The van der Waals surface area contributed by atoms with Gasteiger partial charge in [0, 0.05) is 24.7 Å². The van der Waals surface area contributed by atoms with E-state index in [1.54, 1.807) is 6.07 Å². The minimum Gasteiger partial charge on any atom is -0.515 e. The standard InChI is InChI=1S/C19H18O7/c1-18-10-5-3-8-9(4-6-12(8)21)13(10)16(23)19(18,25)11(7-20)14(22)15(26-2)17(18)24/h3,5,7,15,17,20,24-25H,4,6H2,1-2H3/t15-,17-,18+,19-/m1/s1. The molecule has 4 atom stereocenters. The minimum absolute atomic E-state index is 0.0908. The summed E-state index contributed by atoms with van der Waals surface area (Å²) in [5.74, 6) is -1.73. The maximum Gasteiger partial charge on any atom is 0.200 e. The van der Waals surface area contributed by atoms with E-state index in [1.807, 2.05) is 0 Å². The zero-order valence-corrected chi connectivity index (χ0v) is 14.3. The molecular weight excluding hydrogens is 340 g/mol. The summed E-state index contributed by atoms with van der Waals surface area (Å²) in [6.45, 7) is 1.46. The predicted octanol–water partition coefficient (Wildman–Crippen LogP) is 0.401. The van der Waals surface area contributed by atoms with Gasteiger partial charge < -0.3 is 20.1 Å². The van der Waals surface area contributed by atoms with Crippen LogP contribution in [0.25, 0.3) is 0 Å². The molecule has 0 unspecified atom stereocenters. The molecule has 4 rings (SSSR count). The van der Waals surface area contributed by atoms with Gasteiger partial charge in [-0.1, -0.05) is 12.1 Å². The Hall–Kier alpha value is -2.35. The molecule has 0 amide bonds. The Balaban J connectivity index is 2.07. The second-order valence-corrected chi connectivity index (χ2v) is 7.19. The fourth-order valence-electron chi connectivity index (χ4n) is 4.79. The number of ether oxygens (including phenoxy) is 1. The molecule has 1 saturated carbocycles. The van der Waals surface area contributed by atoms with E-state index in [-0.39, 0.29) is 17.8 Å². The number of aliphatic hydroxyl groups excluding tert-OH is 2. The van der Waals surface area contributed by atoms with Crippen molar-refractivity contribution in [3.63, 3.8) is 0 Å². The third-order valence-electron chi connectivity index (χ3n) is 6.26. The van der Waals surface area contributed by atoms with Crippen molar-refractivity contribution in [2.75, 3.05) is 7.11 Å². The molecule has 0 aromatic heterocycles. The average Bonchev–Trinajstić information content (AvgIpc) is 3.07. The van der Waals surface area contributed by atoms with Gasteiger partial charge in [-0.3, -0.25) is 14.4 Å². The Morgan fingerprint density at radius 3 is 2.54 bits per heavy atom. The molecule has 0 aliphatic heterocycles.